The van der Waals surface area contributed by atoms with E-state index in [9.17, 15) is 9.90 Å². The molecule has 4 heteroatoms. The van der Waals surface area contributed by atoms with Gasteiger partial charge in [0.05, 0.1) is 6.10 Å². The molecule has 1 aromatic rings. The summed E-state index contributed by atoms with van der Waals surface area (Å²) < 4.78 is 0. The number of rotatable bonds is 1. The average Bonchev–Trinajstić information content (AvgIpc) is 2.16. The molecule has 1 fully saturated rings. The molecule has 0 radical (unpaired) electrons. The van der Waals surface area contributed by atoms with Crippen molar-refractivity contribution in [1.82, 2.24) is 4.90 Å². The molecule has 0 saturated carbocycles. The van der Waals surface area contributed by atoms with E-state index in [1.54, 1.807) is 30.0 Å². The lowest BCUT2D eigenvalue weighted by atomic mass is 10.0. The van der Waals surface area contributed by atoms with Crippen LogP contribution in [0.1, 0.15) is 15.9 Å². The van der Waals surface area contributed by atoms with Crippen molar-refractivity contribution in [3.63, 3.8) is 0 Å². The van der Waals surface area contributed by atoms with Crippen LogP contribution in [-0.2, 0) is 0 Å². The SMILES string of the molecule is Cc1c(O)cccc1C(=O)N1CC(O)C1. The third-order valence-electron chi connectivity index (χ3n) is 2.69. The first-order chi connectivity index (χ1) is 7.09. The smallest absolute Gasteiger partial charge is 0.254 e. The highest BCUT2D eigenvalue weighted by Crippen LogP contribution is 2.22. The molecule has 0 unspecified atom stereocenters. The van der Waals surface area contributed by atoms with Gasteiger partial charge in [0.15, 0.2) is 0 Å². The molecular formula is C11H13NO3. The van der Waals surface area contributed by atoms with Gasteiger partial charge in [-0.15, -0.1) is 0 Å². The minimum atomic E-state index is -0.397. The topological polar surface area (TPSA) is 60.8 Å². The Morgan fingerprint density at radius 1 is 1.47 bits per heavy atom. The predicted molar refractivity (Wildman–Crippen MR) is 54.8 cm³/mol. The van der Waals surface area contributed by atoms with Gasteiger partial charge in [-0.25, -0.2) is 0 Å². The Morgan fingerprint density at radius 3 is 2.73 bits per heavy atom. The monoisotopic (exact) mass is 207 g/mol. The number of nitrogens with zero attached hydrogens (tertiary/aromatic N) is 1. The third kappa shape index (κ3) is 1.68. The maximum Gasteiger partial charge on any atom is 0.254 e. The van der Waals surface area contributed by atoms with Crippen molar-refractivity contribution in [3.8, 4) is 5.75 Å². The zero-order chi connectivity index (χ0) is 11.0. The van der Waals surface area contributed by atoms with Gasteiger partial charge in [0.1, 0.15) is 5.75 Å². The molecule has 0 aliphatic carbocycles. The number of aromatic hydroxyl groups is 1. The molecule has 1 saturated heterocycles. The number of benzene rings is 1. The van der Waals surface area contributed by atoms with Gasteiger partial charge in [-0.3, -0.25) is 4.79 Å². The van der Waals surface area contributed by atoms with Crippen molar-refractivity contribution in [3.05, 3.63) is 29.3 Å². The van der Waals surface area contributed by atoms with E-state index in [4.69, 9.17) is 5.11 Å². The normalized spacial score (nSPS) is 16.3. The van der Waals surface area contributed by atoms with E-state index in [0.717, 1.165) is 0 Å². The van der Waals surface area contributed by atoms with Crippen LogP contribution in [-0.4, -0.2) is 40.2 Å². The number of carbonyl (C=O) groups is 1. The van der Waals surface area contributed by atoms with E-state index >= 15 is 0 Å². The second-order valence-corrected chi connectivity index (χ2v) is 3.81. The second kappa shape index (κ2) is 3.55. The first-order valence-electron chi connectivity index (χ1n) is 4.85. The number of aliphatic hydroxyl groups excluding tert-OH is 1. The molecule has 0 atom stereocenters. The van der Waals surface area contributed by atoms with Crippen LogP contribution in [0.3, 0.4) is 0 Å². The van der Waals surface area contributed by atoms with Crippen molar-refractivity contribution in [1.29, 1.82) is 0 Å². The number of amides is 1. The molecule has 1 heterocycles. The predicted octanol–water partition coefficient (Wildman–Crippen LogP) is 0.517. The molecule has 0 bridgehead atoms. The minimum Gasteiger partial charge on any atom is -0.508 e. The first kappa shape index (κ1) is 9.98. The molecule has 0 aromatic heterocycles. The van der Waals surface area contributed by atoms with Crippen LogP contribution < -0.4 is 0 Å². The zero-order valence-corrected chi connectivity index (χ0v) is 8.47. The summed E-state index contributed by atoms with van der Waals surface area (Å²) >= 11 is 0. The molecule has 1 aliphatic rings. The molecule has 1 aromatic carbocycles. The number of hydrogen-bond donors (Lipinski definition) is 2. The van der Waals surface area contributed by atoms with Crippen LogP contribution in [0.25, 0.3) is 0 Å². The average molecular weight is 207 g/mol. The zero-order valence-electron chi connectivity index (χ0n) is 8.47. The number of hydrogen-bond acceptors (Lipinski definition) is 3. The van der Waals surface area contributed by atoms with E-state index in [-0.39, 0.29) is 11.7 Å². The molecule has 80 valence electrons. The Kier molecular flexibility index (Phi) is 2.36. The van der Waals surface area contributed by atoms with E-state index in [0.29, 0.717) is 24.2 Å². The van der Waals surface area contributed by atoms with Gasteiger partial charge in [0.25, 0.3) is 5.91 Å². The van der Waals surface area contributed by atoms with Crippen molar-refractivity contribution < 1.29 is 15.0 Å². The van der Waals surface area contributed by atoms with E-state index in [2.05, 4.69) is 0 Å². The number of phenols is 1. The lowest BCUT2D eigenvalue weighted by Gasteiger charge is -2.36. The number of likely N-dealkylation sites (tertiary alicyclic amines) is 1. The van der Waals surface area contributed by atoms with Crippen LogP contribution in [0, 0.1) is 6.92 Å². The Balaban J connectivity index is 2.22. The number of phenolic OH excluding ortho intramolecular Hbond substituents is 1. The standard InChI is InChI=1S/C11H13NO3/c1-7-9(3-2-4-10(7)14)11(15)12-5-8(13)6-12/h2-4,8,13-14H,5-6H2,1H3. The number of carbonyl (C=O) groups excluding carboxylic acids is 1. The van der Waals surface area contributed by atoms with Gasteiger partial charge < -0.3 is 15.1 Å². The Bertz CT molecular complexity index is 397. The highest BCUT2D eigenvalue weighted by molar-refractivity contribution is 5.96. The maximum absolute atomic E-state index is 11.8. The van der Waals surface area contributed by atoms with Crippen molar-refractivity contribution in [2.24, 2.45) is 0 Å². The highest BCUT2D eigenvalue weighted by atomic mass is 16.3. The summed E-state index contributed by atoms with van der Waals surface area (Å²) in [4.78, 5) is 13.4. The fourth-order valence-electron chi connectivity index (χ4n) is 1.65. The van der Waals surface area contributed by atoms with Gasteiger partial charge >= 0.3 is 0 Å². The molecule has 1 aliphatic heterocycles. The summed E-state index contributed by atoms with van der Waals surface area (Å²) in [6.45, 7) is 2.47. The molecular weight excluding hydrogens is 194 g/mol. The molecule has 1 amide bonds. The summed E-state index contributed by atoms with van der Waals surface area (Å²) in [7, 11) is 0. The lowest BCUT2D eigenvalue weighted by Crippen LogP contribution is -2.53. The largest absolute Gasteiger partial charge is 0.508 e. The molecule has 15 heavy (non-hydrogen) atoms. The van der Waals surface area contributed by atoms with Crippen LogP contribution in [0.5, 0.6) is 5.75 Å². The maximum atomic E-state index is 11.8. The fourth-order valence-corrected chi connectivity index (χ4v) is 1.65. The van der Waals surface area contributed by atoms with E-state index in [1.165, 1.54) is 0 Å². The van der Waals surface area contributed by atoms with E-state index < -0.39 is 6.10 Å². The van der Waals surface area contributed by atoms with Crippen molar-refractivity contribution >= 4 is 5.91 Å². The quantitative estimate of drug-likeness (QED) is 0.705. The van der Waals surface area contributed by atoms with Crippen molar-refractivity contribution in [2.75, 3.05) is 13.1 Å². The molecule has 0 spiro atoms. The summed E-state index contributed by atoms with van der Waals surface area (Å²) in [5.74, 6) is -0.00405. The lowest BCUT2D eigenvalue weighted by molar-refractivity contribution is 0.00582. The van der Waals surface area contributed by atoms with Crippen LogP contribution in [0.2, 0.25) is 0 Å². The third-order valence-corrected chi connectivity index (χ3v) is 2.69. The van der Waals surface area contributed by atoms with Gasteiger partial charge in [-0.1, -0.05) is 6.07 Å². The first-order valence-corrected chi connectivity index (χ1v) is 4.85. The Labute approximate surface area is 87.8 Å². The number of β-amino-alcohol motifs (C(OH)–C–C–N with tert-alkyl or cyclic N) is 1. The molecule has 2 rings (SSSR count). The Hall–Kier alpha value is -1.55. The Morgan fingerprint density at radius 2 is 2.13 bits per heavy atom. The van der Waals surface area contributed by atoms with E-state index in [1.807, 2.05) is 0 Å². The van der Waals surface area contributed by atoms with Crippen LogP contribution >= 0.6 is 0 Å². The second-order valence-electron chi connectivity index (χ2n) is 3.81. The van der Waals surface area contributed by atoms with Gasteiger partial charge in [-0.2, -0.15) is 0 Å². The van der Waals surface area contributed by atoms with Gasteiger partial charge in [-0.05, 0) is 19.1 Å². The fraction of sp³-hybridized carbons (Fsp3) is 0.364. The van der Waals surface area contributed by atoms with Crippen LogP contribution in [0.4, 0.5) is 0 Å². The van der Waals surface area contributed by atoms with Crippen LogP contribution in [0.15, 0.2) is 18.2 Å². The van der Waals surface area contributed by atoms with Gasteiger partial charge in [0, 0.05) is 24.2 Å². The highest BCUT2D eigenvalue weighted by Gasteiger charge is 2.30. The summed E-state index contributed by atoms with van der Waals surface area (Å²) in [6.07, 6.45) is -0.397. The summed E-state index contributed by atoms with van der Waals surface area (Å²) in [5, 5.41) is 18.5. The molecule has 2 N–H and O–H groups in total. The number of aliphatic hydroxyl groups is 1. The molecule has 4 nitrogen and oxygen atoms in total. The van der Waals surface area contributed by atoms with Gasteiger partial charge in [0.2, 0.25) is 0 Å². The summed E-state index contributed by atoms with van der Waals surface area (Å²) in [6, 6.07) is 4.88. The minimum absolute atomic E-state index is 0.127. The van der Waals surface area contributed by atoms with Crippen molar-refractivity contribution in [2.45, 2.75) is 13.0 Å². The summed E-state index contributed by atoms with van der Waals surface area (Å²) in [5.41, 5.74) is 1.09.